The predicted octanol–water partition coefficient (Wildman–Crippen LogP) is 3.16. The summed E-state index contributed by atoms with van der Waals surface area (Å²) >= 11 is 0. The fourth-order valence-electron chi connectivity index (χ4n) is 2.08. The molecule has 1 N–H and O–H groups in total. The highest BCUT2D eigenvalue weighted by atomic mass is 16.2. The van der Waals surface area contributed by atoms with Gasteiger partial charge in [-0.1, -0.05) is 20.8 Å². The molecule has 0 unspecified atom stereocenters. The van der Waals surface area contributed by atoms with Crippen LogP contribution in [-0.2, 0) is 0 Å². The van der Waals surface area contributed by atoms with Crippen LogP contribution in [0.1, 0.15) is 50.4 Å². The van der Waals surface area contributed by atoms with Gasteiger partial charge in [0.15, 0.2) is 0 Å². The number of amides is 1. The second-order valence-electron chi connectivity index (χ2n) is 4.75. The third kappa shape index (κ3) is 4.23. The van der Waals surface area contributed by atoms with E-state index in [4.69, 9.17) is 0 Å². The molecule has 0 aromatic carbocycles. The molecule has 1 rings (SSSR count). The first-order valence-corrected chi connectivity index (χ1v) is 7.11. The van der Waals surface area contributed by atoms with Gasteiger partial charge in [0.2, 0.25) is 0 Å². The van der Waals surface area contributed by atoms with E-state index < -0.39 is 0 Å². The Morgan fingerprint density at radius 1 is 1.32 bits per heavy atom. The fraction of sp³-hybridized carbons (Fsp3) is 0.600. The molecular weight excluding hydrogens is 238 g/mol. The Labute approximate surface area is 116 Å². The molecule has 0 saturated carbocycles. The zero-order chi connectivity index (χ0) is 14.3. The number of anilines is 1. The Balaban J connectivity index is 2.71. The van der Waals surface area contributed by atoms with Crippen molar-refractivity contribution in [1.29, 1.82) is 0 Å². The first-order chi connectivity index (χ1) is 9.13. The molecule has 1 aromatic rings. The van der Waals surface area contributed by atoms with E-state index in [1.165, 1.54) is 0 Å². The van der Waals surface area contributed by atoms with Crippen LogP contribution < -0.4 is 5.32 Å². The van der Waals surface area contributed by atoms with Crippen LogP contribution in [0.3, 0.4) is 0 Å². The summed E-state index contributed by atoms with van der Waals surface area (Å²) in [7, 11) is 1.86. The second-order valence-corrected chi connectivity index (χ2v) is 4.75. The van der Waals surface area contributed by atoms with Gasteiger partial charge in [0, 0.05) is 25.8 Å². The van der Waals surface area contributed by atoms with E-state index >= 15 is 0 Å². The Hall–Kier alpha value is -1.58. The normalized spacial score (nSPS) is 10.6. The topological polar surface area (TPSA) is 45.2 Å². The summed E-state index contributed by atoms with van der Waals surface area (Å²) in [6.45, 7) is 7.21. The van der Waals surface area contributed by atoms with Gasteiger partial charge in [0.1, 0.15) is 5.82 Å². The quantitative estimate of drug-likeness (QED) is 0.822. The molecule has 0 aliphatic heterocycles. The average Bonchev–Trinajstić information content (AvgIpc) is 2.46. The molecule has 4 heteroatoms. The van der Waals surface area contributed by atoms with Gasteiger partial charge in [-0.3, -0.25) is 4.79 Å². The minimum Gasteiger partial charge on any atom is -0.370 e. The number of rotatable bonds is 7. The zero-order valence-corrected chi connectivity index (χ0v) is 12.4. The number of carbonyl (C=O) groups is 1. The van der Waals surface area contributed by atoms with Crippen LogP contribution in [0.2, 0.25) is 0 Å². The van der Waals surface area contributed by atoms with Crippen molar-refractivity contribution in [3.8, 4) is 0 Å². The van der Waals surface area contributed by atoms with Crippen LogP contribution in [0, 0.1) is 0 Å². The maximum Gasteiger partial charge on any atom is 0.255 e. The number of nitrogens with one attached hydrogen (secondary N) is 1. The van der Waals surface area contributed by atoms with Crippen molar-refractivity contribution in [3.05, 3.63) is 23.9 Å². The number of nitrogens with zero attached hydrogens (tertiary/aromatic N) is 2. The Morgan fingerprint density at radius 2 is 2.00 bits per heavy atom. The predicted molar refractivity (Wildman–Crippen MR) is 79.5 cm³/mol. The molecule has 0 saturated heterocycles. The van der Waals surface area contributed by atoms with Crippen molar-refractivity contribution in [2.24, 2.45) is 0 Å². The molecule has 106 valence electrons. The van der Waals surface area contributed by atoms with Gasteiger partial charge in [-0.2, -0.15) is 0 Å². The SMILES string of the molecule is CCCNc1ccc(C(=O)N(C)C(CC)CC)cn1. The molecule has 0 aliphatic carbocycles. The van der Waals surface area contributed by atoms with Crippen LogP contribution >= 0.6 is 0 Å². The smallest absolute Gasteiger partial charge is 0.255 e. The molecule has 0 spiro atoms. The molecule has 1 amide bonds. The number of hydrogen-bond donors (Lipinski definition) is 1. The van der Waals surface area contributed by atoms with E-state index in [1.807, 2.05) is 24.1 Å². The monoisotopic (exact) mass is 263 g/mol. The first-order valence-electron chi connectivity index (χ1n) is 7.11. The van der Waals surface area contributed by atoms with Gasteiger partial charge in [-0.25, -0.2) is 4.98 Å². The summed E-state index contributed by atoms with van der Waals surface area (Å²) < 4.78 is 0. The van der Waals surface area contributed by atoms with Crippen molar-refractivity contribution in [2.75, 3.05) is 18.9 Å². The van der Waals surface area contributed by atoms with Crippen LogP contribution in [0.15, 0.2) is 18.3 Å². The van der Waals surface area contributed by atoms with Crippen LogP contribution in [0.5, 0.6) is 0 Å². The van der Waals surface area contributed by atoms with Crippen LogP contribution in [0.4, 0.5) is 5.82 Å². The first kappa shape index (κ1) is 15.5. The highest BCUT2D eigenvalue weighted by molar-refractivity contribution is 5.94. The molecule has 0 atom stereocenters. The van der Waals surface area contributed by atoms with E-state index in [0.29, 0.717) is 11.6 Å². The lowest BCUT2D eigenvalue weighted by atomic mass is 10.1. The molecule has 4 nitrogen and oxygen atoms in total. The molecule has 19 heavy (non-hydrogen) atoms. The van der Waals surface area contributed by atoms with Gasteiger partial charge in [-0.15, -0.1) is 0 Å². The van der Waals surface area contributed by atoms with Gasteiger partial charge in [0.05, 0.1) is 5.56 Å². The molecule has 0 aliphatic rings. The molecule has 1 aromatic heterocycles. The van der Waals surface area contributed by atoms with Gasteiger partial charge in [-0.05, 0) is 31.4 Å². The van der Waals surface area contributed by atoms with Crippen molar-refractivity contribution in [1.82, 2.24) is 9.88 Å². The van der Waals surface area contributed by atoms with Crippen molar-refractivity contribution in [3.63, 3.8) is 0 Å². The summed E-state index contributed by atoms with van der Waals surface area (Å²) in [5.74, 6) is 0.867. The largest absolute Gasteiger partial charge is 0.370 e. The number of pyridine rings is 1. The van der Waals surface area contributed by atoms with Crippen molar-refractivity contribution >= 4 is 11.7 Å². The summed E-state index contributed by atoms with van der Waals surface area (Å²) in [6.07, 6.45) is 4.66. The van der Waals surface area contributed by atoms with Gasteiger partial charge < -0.3 is 10.2 Å². The van der Waals surface area contributed by atoms with Gasteiger partial charge >= 0.3 is 0 Å². The second kappa shape index (κ2) is 7.77. The number of carbonyl (C=O) groups excluding carboxylic acids is 1. The Bertz CT molecular complexity index is 385. The summed E-state index contributed by atoms with van der Waals surface area (Å²) in [4.78, 5) is 18.4. The molecule has 0 radical (unpaired) electrons. The maximum absolute atomic E-state index is 12.3. The highest BCUT2D eigenvalue weighted by Gasteiger charge is 2.18. The molecular formula is C15H25N3O. The maximum atomic E-state index is 12.3. The lowest BCUT2D eigenvalue weighted by Gasteiger charge is -2.26. The Morgan fingerprint density at radius 3 is 2.47 bits per heavy atom. The third-order valence-electron chi connectivity index (χ3n) is 3.38. The lowest BCUT2D eigenvalue weighted by Crippen LogP contribution is -2.36. The van der Waals surface area contributed by atoms with E-state index in [2.05, 4.69) is 31.1 Å². The standard InChI is InChI=1S/C15H25N3O/c1-5-10-16-14-9-8-12(11-17-14)15(19)18(4)13(6-2)7-3/h8-9,11,13H,5-7,10H2,1-4H3,(H,16,17). The molecule has 0 fully saturated rings. The van der Waals surface area contributed by atoms with Crippen molar-refractivity contribution in [2.45, 2.75) is 46.1 Å². The van der Waals surface area contributed by atoms with Crippen LogP contribution in [-0.4, -0.2) is 35.4 Å². The minimum atomic E-state index is 0.0447. The van der Waals surface area contributed by atoms with E-state index in [9.17, 15) is 4.79 Å². The van der Waals surface area contributed by atoms with Gasteiger partial charge in [0.25, 0.3) is 5.91 Å². The Kier molecular flexibility index (Phi) is 6.33. The zero-order valence-electron chi connectivity index (χ0n) is 12.4. The fourth-order valence-corrected chi connectivity index (χ4v) is 2.08. The average molecular weight is 263 g/mol. The van der Waals surface area contributed by atoms with E-state index in [0.717, 1.165) is 31.6 Å². The minimum absolute atomic E-state index is 0.0447. The summed E-state index contributed by atoms with van der Waals surface area (Å²) in [5, 5.41) is 3.20. The number of hydrogen-bond acceptors (Lipinski definition) is 3. The van der Waals surface area contributed by atoms with Crippen LogP contribution in [0.25, 0.3) is 0 Å². The highest BCUT2D eigenvalue weighted by Crippen LogP contribution is 2.12. The molecule has 1 heterocycles. The van der Waals surface area contributed by atoms with E-state index in [1.54, 1.807) is 6.20 Å². The van der Waals surface area contributed by atoms with Crippen molar-refractivity contribution < 1.29 is 4.79 Å². The summed E-state index contributed by atoms with van der Waals surface area (Å²) in [6, 6.07) is 4.00. The lowest BCUT2D eigenvalue weighted by molar-refractivity contribution is 0.0723. The third-order valence-corrected chi connectivity index (χ3v) is 3.38. The molecule has 0 bridgehead atoms. The summed E-state index contributed by atoms with van der Waals surface area (Å²) in [5.41, 5.74) is 0.649. The van der Waals surface area contributed by atoms with E-state index in [-0.39, 0.29) is 5.91 Å². The number of aromatic nitrogens is 1.